The van der Waals surface area contributed by atoms with Crippen molar-refractivity contribution in [2.24, 2.45) is 0 Å². The van der Waals surface area contributed by atoms with Crippen LogP contribution in [0.2, 0.25) is 0 Å². The predicted molar refractivity (Wildman–Crippen MR) is 159 cm³/mol. The van der Waals surface area contributed by atoms with Crippen LogP contribution in [0, 0.1) is 0 Å². The molecule has 39 heavy (non-hydrogen) atoms. The SMILES string of the molecule is CCCCCCCCCCCCCCCCCNC(=O)O[C@@H]1CCCO[C@H]1COCC(O)CCCCCCO. The molecule has 3 atom stereocenters. The van der Waals surface area contributed by atoms with Gasteiger partial charge in [0.1, 0.15) is 12.2 Å². The normalized spacial score (nSPS) is 18.2. The summed E-state index contributed by atoms with van der Waals surface area (Å²) >= 11 is 0. The van der Waals surface area contributed by atoms with Crippen molar-refractivity contribution in [2.45, 2.75) is 166 Å². The summed E-state index contributed by atoms with van der Waals surface area (Å²) in [5, 5.41) is 21.8. The van der Waals surface area contributed by atoms with Gasteiger partial charge in [-0.3, -0.25) is 0 Å². The highest BCUT2D eigenvalue weighted by Gasteiger charge is 2.29. The summed E-state index contributed by atoms with van der Waals surface area (Å²) in [6.07, 6.45) is 24.5. The van der Waals surface area contributed by atoms with Gasteiger partial charge in [-0.25, -0.2) is 4.79 Å². The van der Waals surface area contributed by atoms with Gasteiger partial charge in [-0.2, -0.15) is 0 Å². The van der Waals surface area contributed by atoms with E-state index in [-0.39, 0.29) is 31.5 Å². The van der Waals surface area contributed by atoms with Gasteiger partial charge in [-0.15, -0.1) is 0 Å². The second-order valence-corrected chi connectivity index (χ2v) is 11.5. The average molecular weight is 558 g/mol. The number of ether oxygens (including phenoxy) is 3. The summed E-state index contributed by atoms with van der Waals surface area (Å²) in [7, 11) is 0. The van der Waals surface area contributed by atoms with Gasteiger partial charge in [0, 0.05) is 19.8 Å². The molecule has 1 unspecified atom stereocenters. The van der Waals surface area contributed by atoms with Gasteiger partial charge in [0.2, 0.25) is 0 Å². The molecule has 7 heteroatoms. The van der Waals surface area contributed by atoms with Gasteiger partial charge in [-0.1, -0.05) is 116 Å². The molecular weight excluding hydrogens is 494 g/mol. The van der Waals surface area contributed by atoms with E-state index in [9.17, 15) is 9.90 Å². The lowest BCUT2D eigenvalue weighted by molar-refractivity contribution is -0.116. The molecule has 0 aromatic carbocycles. The molecule has 1 heterocycles. The smallest absolute Gasteiger partial charge is 0.407 e. The first-order valence-electron chi connectivity index (χ1n) is 16.6. The summed E-state index contributed by atoms with van der Waals surface area (Å²) < 4.78 is 17.1. The van der Waals surface area contributed by atoms with Crippen LogP contribution in [0.1, 0.15) is 148 Å². The Bertz CT molecular complexity index is 535. The molecule has 1 aliphatic rings. The van der Waals surface area contributed by atoms with Crippen molar-refractivity contribution in [1.29, 1.82) is 0 Å². The largest absolute Gasteiger partial charge is 0.443 e. The maximum absolute atomic E-state index is 12.3. The number of carbonyl (C=O) groups excluding carboxylic acids is 1. The van der Waals surface area contributed by atoms with Crippen LogP contribution >= 0.6 is 0 Å². The van der Waals surface area contributed by atoms with Crippen molar-refractivity contribution >= 4 is 6.09 Å². The summed E-state index contributed by atoms with van der Waals surface area (Å²) in [5.41, 5.74) is 0. The summed E-state index contributed by atoms with van der Waals surface area (Å²) in [6.45, 7) is 4.37. The molecule has 0 bridgehead atoms. The number of alkyl carbamates (subject to hydrolysis) is 1. The van der Waals surface area contributed by atoms with Crippen LogP contribution in [-0.2, 0) is 14.2 Å². The molecule has 7 nitrogen and oxygen atoms in total. The van der Waals surface area contributed by atoms with E-state index in [1.807, 2.05) is 0 Å². The number of aliphatic hydroxyl groups excluding tert-OH is 2. The van der Waals surface area contributed by atoms with Gasteiger partial charge in [-0.05, 0) is 32.1 Å². The molecule has 0 saturated carbocycles. The summed E-state index contributed by atoms with van der Waals surface area (Å²) in [6, 6.07) is 0. The average Bonchev–Trinajstić information content (AvgIpc) is 2.93. The molecule has 1 aliphatic heterocycles. The summed E-state index contributed by atoms with van der Waals surface area (Å²) in [4.78, 5) is 12.3. The molecule has 0 radical (unpaired) electrons. The molecule has 0 aliphatic carbocycles. The highest BCUT2D eigenvalue weighted by atomic mass is 16.6. The molecule has 1 fully saturated rings. The number of unbranched alkanes of at least 4 members (excludes halogenated alkanes) is 17. The Morgan fingerprint density at radius 2 is 1.41 bits per heavy atom. The Labute approximate surface area is 240 Å². The van der Waals surface area contributed by atoms with Gasteiger partial charge >= 0.3 is 6.09 Å². The fourth-order valence-electron chi connectivity index (χ4n) is 5.22. The number of rotatable bonds is 27. The third kappa shape index (κ3) is 22.5. The molecule has 0 aromatic heterocycles. The van der Waals surface area contributed by atoms with Crippen LogP contribution in [0.3, 0.4) is 0 Å². The van der Waals surface area contributed by atoms with Crippen molar-refractivity contribution in [2.75, 3.05) is 33.0 Å². The Hall–Kier alpha value is -0.890. The first-order valence-corrected chi connectivity index (χ1v) is 16.6. The van der Waals surface area contributed by atoms with E-state index in [2.05, 4.69) is 12.2 Å². The Morgan fingerprint density at radius 3 is 2.03 bits per heavy atom. The number of nitrogens with one attached hydrogen (secondary N) is 1. The van der Waals surface area contributed by atoms with E-state index in [0.717, 1.165) is 51.4 Å². The van der Waals surface area contributed by atoms with Gasteiger partial charge in [0.25, 0.3) is 0 Å². The van der Waals surface area contributed by atoms with Crippen LogP contribution in [0.25, 0.3) is 0 Å². The van der Waals surface area contributed by atoms with Crippen LogP contribution in [0.15, 0.2) is 0 Å². The van der Waals surface area contributed by atoms with E-state index in [0.29, 0.717) is 26.2 Å². The van der Waals surface area contributed by atoms with Gasteiger partial charge < -0.3 is 29.7 Å². The zero-order valence-electron chi connectivity index (χ0n) is 25.4. The lowest BCUT2D eigenvalue weighted by Crippen LogP contribution is -2.43. The molecular formula is C32H63NO6. The molecule has 1 amide bonds. The van der Waals surface area contributed by atoms with E-state index in [4.69, 9.17) is 19.3 Å². The van der Waals surface area contributed by atoms with E-state index < -0.39 is 6.10 Å². The van der Waals surface area contributed by atoms with E-state index in [1.165, 1.54) is 83.5 Å². The van der Waals surface area contributed by atoms with Crippen LogP contribution in [-0.4, -0.2) is 67.6 Å². The first kappa shape index (κ1) is 36.1. The molecule has 1 rings (SSSR count). The number of carbonyl (C=O) groups is 1. The van der Waals surface area contributed by atoms with E-state index in [1.54, 1.807) is 0 Å². The standard InChI is InChI=1S/C32H63NO6/c1-2-3-4-5-6-7-8-9-10-11-12-13-14-16-19-24-33-32(36)39-30-23-21-26-38-31(30)28-37-27-29(35)22-18-15-17-20-25-34/h29-31,34-35H,2-28H2,1H3,(H,33,36)/t29?,30-,31+/m1/s1. The number of hydrogen-bond acceptors (Lipinski definition) is 6. The number of hydrogen-bond donors (Lipinski definition) is 3. The van der Waals surface area contributed by atoms with E-state index >= 15 is 0 Å². The second kappa shape index (κ2) is 27.3. The lowest BCUT2D eigenvalue weighted by Gasteiger charge is -2.31. The second-order valence-electron chi connectivity index (χ2n) is 11.5. The molecule has 1 saturated heterocycles. The fraction of sp³-hybridized carbons (Fsp3) is 0.969. The van der Waals surface area contributed by atoms with Crippen molar-refractivity contribution in [1.82, 2.24) is 5.32 Å². The van der Waals surface area contributed by atoms with Crippen molar-refractivity contribution in [3.05, 3.63) is 0 Å². The molecule has 3 N–H and O–H groups in total. The fourth-order valence-corrected chi connectivity index (χ4v) is 5.22. The Kier molecular flexibility index (Phi) is 25.3. The highest BCUT2D eigenvalue weighted by molar-refractivity contribution is 5.67. The number of amides is 1. The third-order valence-corrected chi connectivity index (χ3v) is 7.73. The van der Waals surface area contributed by atoms with Crippen molar-refractivity contribution < 1.29 is 29.2 Å². The van der Waals surface area contributed by atoms with Crippen molar-refractivity contribution in [3.8, 4) is 0 Å². The lowest BCUT2D eigenvalue weighted by atomic mass is 10.0. The summed E-state index contributed by atoms with van der Waals surface area (Å²) in [5.74, 6) is 0. The van der Waals surface area contributed by atoms with Crippen molar-refractivity contribution in [3.63, 3.8) is 0 Å². The topological polar surface area (TPSA) is 97.3 Å². The minimum Gasteiger partial charge on any atom is -0.443 e. The van der Waals surface area contributed by atoms with Gasteiger partial charge in [0.15, 0.2) is 0 Å². The highest BCUT2D eigenvalue weighted by Crippen LogP contribution is 2.19. The zero-order chi connectivity index (χ0) is 28.2. The molecule has 0 aromatic rings. The molecule has 0 spiro atoms. The Morgan fingerprint density at radius 1 is 0.846 bits per heavy atom. The molecule has 232 valence electrons. The van der Waals surface area contributed by atoms with Gasteiger partial charge in [0.05, 0.1) is 19.3 Å². The predicted octanol–water partition coefficient (Wildman–Crippen LogP) is 7.45. The monoisotopic (exact) mass is 557 g/mol. The quantitative estimate of drug-likeness (QED) is 0.0908. The maximum atomic E-state index is 12.3. The third-order valence-electron chi connectivity index (χ3n) is 7.73. The van der Waals surface area contributed by atoms with Crippen LogP contribution < -0.4 is 5.32 Å². The maximum Gasteiger partial charge on any atom is 0.407 e. The van der Waals surface area contributed by atoms with Crippen LogP contribution in [0.4, 0.5) is 4.79 Å². The Balaban J connectivity index is 1.97. The zero-order valence-corrected chi connectivity index (χ0v) is 25.4. The minimum absolute atomic E-state index is 0.230. The van der Waals surface area contributed by atoms with Crippen LogP contribution in [0.5, 0.6) is 0 Å². The minimum atomic E-state index is -0.500. The first-order chi connectivity index (χ1) is 19.2. The number of aliphatic hydroxyl groups is 2.